The van der Waals surface area contributed by atoms with Crippen LogP contribution in [0.2, 0.25) is 0 Å². The molecule has 2 N–H and O–H groups in total. The average molecular weight is 549 g/mol. The second-order valence-corrected chi connectivity index (χ2v) is 10.6. The molecule has 0 spiro atoms. The topological polar surface area (TPSA) is 111 Å². The Labute approximate surface area is 231 Å². The molecule has 0 bridgehead atoms. The summed E-state index contributed by atoms with van der Waals surface area (Å²) in [6, 6.07) is 14.6. The van der Waals surface area contributed by atoms with E-state index >= 15 is 0 Å². The minimum atomic E-state index is -0.506. The maximum absolute atomic E-state index is 13.7. The van der Waals surface area contributed by atoms with Gasteiger partial charge >= 0.3 is 0 Å². The highest BCUT2D eigenvalue weighted by Gasteiger charge is 2.34. The van der Waals surface area contributed by atoms with Gasteiger partial charge in [0.1, 0.15) is 11.8 Å². The van der Waals surface area contributed by atoms with Crippen LogP contribution in [0.3, 0.4) is 0 Å². The average Bonchev–Trinajstić information content (AvgIpc) is 3.33. The van der Waals surface area contributed by atoms with Crippen LogP contribution in [0.4, 0.5) is 11.6 Å². The number of anilines is 2. The van der Waals surface area contributed by atoms with Gasteiger partial charge < -0.3 is 25.0 Å². The van der Waals surface area contributed by atoms with Crippen molar-refractivity contribution in [2.24, 2.45) is 0 Å². The Bertz CT molecular complexity index is 1380. The number of morpholine rings is 1. The summed E-state index contributed by atoms with van der Waals surface area (Å²) in [5.74, 6) is 1.69. The first-order valence-electron chi connectivity index (χ1n) is 13.0. The van der Waals surface area contributed by atoms with Crippen molar-refractivity contribution < 1.29 is 19.1 Å². The van der Waals surface area contributed by atoms with E-state index in [2.05, 4.69) is 15.6 Å². The predicted octanol–water partition coefficient (Wildman–Crippen LogP) is 3.86. The molecule has 1 saturated heterocycles. The first-order valence-corrected chi connectivity index (χ1v) is 13.9. The number of ether oxygens (including phenoxy) is 2. The zero-order chi connectivity index (χ0) is 27.4. The fraction of sp³-hybridized carbons (Fsp3) is 0.357. The van der Waals surface area contributed by atoms with Gasteiger partial charge in [-0.1, -0.05) is 43.0 Å². The largest absolute Gasteiger partial charge is 0.484 e. The minimum absolute atomic E-state index is 0.0410. The van der Waals surface area contributed by atoms with Gasteiger partial charge in [-0.25, -0.2) is 4.68 Å². The van der Waals surface area contributed by atoms with Crippen molar-refractivity contribution in [1.82, 2.24) is 19.7 Å². The Kier molecular flexibility index (Phi) is 8.18. The van der Waals surface area contributed by atoms with E-state index < -0.39 is 6.04 Å². The highest BCUT2D eigenvalue weighted by molar-refractivity contribution is 7.99. The van der Waals surface area contributed by atoms with Gasteiger partial charge in [-0.15, -0.1) is 5.10 Å². The normalized spacial score (nSPS) is 16.9. The number of aromatic nitrogens is 3. The van der Waals surface area contributed by atoms with Gasteiger partial charge in [-0.3, -0.25) is 9.59 Å². The van der Waals surface area contributed by atoms with Crippen molar-refractivity contribution in [3.63, 3.8) is 0 Å². The molecule has 0 aliphatic carbocycles. The van der Waals surface area contributed by atoms with E-state index in [1.807, 2.05) is 69.3 Å². The Morgan fingerprint density at radius 3 is 2.64 bits per heavy atom. The lowest BCUT2D eigenvalue weighted by molar-refractivity contribution is -0.137. The molecule has 1 unspecified atom stereocenters. The van der Waals surface area contributed by atoms with Crippen LogP contribution in [0.15, 0.2) is 65.0 Å². The fourth-order valence-electron chi connectivity index (χ4n) is 4.64. The van der Waals surface area contributed by atoms with Crippen LogP contribution in [0.1, 0.15) is 31.0 Å². The molecule has 3 heterocycles. The molecule has 3 aromatic rings. The molecular weight excluding hydrogens is 516 g/mol. The second-order valence-electron chi connectivity index (χ2n) is 9.34. The van der Waals surface area contributed by atoms with Gasteiger partial charge in [0.05, 0.1) is 18.8 Å². The Balaban J connectivity index is 1.40. The van der Waals surface area contributed by atoms with Gasteiger partial charge in [0.2, 0.25) is 11.1 Å². The fourth-order valence-corrected chi connectivity index (χ4v) is 5.20. The van der Waals surface area contributed by atoms with E-state index in [-0.39, 0.29) is 18.4 Å². The minimum Gasteiger partial charge on any atom is -0.484 e. The summed E-state index contributed by atoms with van der Waals surface area (Å²) in [6.07, 6.45) is 0. The maximum atomic E-state index is 13.7. The number of thioether (sulfide) groups is 1. The molecule has 5 rings (SSSR count). The second kappa shape index (κ2) is 11.9. The van der Waals surface area contributed by atoms with Crippen LogP contribution in [-0.4, -0.2) is 70.1 Å². The van der Waals surface area contributed by atoms with E-state index in [1.165, 1.54) is 11.8 Å². The highest BCUT2D eigenvalue weighted by Crippen LogP contribution is 2.37. The number of carbonyl (C=O) groups is 2. The first kappa shape index (κ1) is 26.8. The molecule has 0 saturated carbocycles. The quantitative estimate of drug-likeness (QED) is 0.409. The number of amides is 2. The lowest BCUT2D eigenvalue weighted by Gasteiger charge is -2.29. The number of nitrogens with one attached hydrogen (secondary N) is 2. The predicted molar refractivity (Wildman–Crippen MR) is 150 cm³/mol. The van der Waals surface area contributed by atoms with E-state index in [9.17, 15) is 9.59 Å². The third-order valence-corrected chi connectivity index (χ3v) is 7.27. The summed E-state index contributed by atoms with van der Waals surface area (Å²) in [7, 11) is 0. The van der Waals surface area contributed by atoms with Crippen molar-refractivity contribution in [2.75, 3.05) is 49.3 Å². The number of carbonyl (C=O) groups excluding carboxylic acids is 2. The molecule has 2 aliphatic rings. The van der Waals surface area contributed by atoms with Gasteiger partial charge in [-0.05, 0) is 55.0 Å². The van der Waals surface area contributed by atoms with E-state index in [1.54, 1.807) is 9.58 Å². The van der Waals surface area contributed by atoms with Gasteiger partial charge in [-0.2, -0.15) is 4.98 Å². The number of allylic oxidation sites excluding steroid dienone is 1. The Morgan fingerprint density at radius 2 is 1.92 bits per heavy atom. The number of benzene rings is 2. The molecule has 1 atom stereocenters. The van der Waals surface area contributed by atoms with E-state index in [0.29, 0.717) is 54.4 Å². The van der Waals surface area contributed by atoms with Crippen LogP contribution in [0.5, 0.6) is 5.75 Å². The number of fused-ring (bicyclic) bond motifs is 1. The molecule has 0 radical (unpaired) electrons. The maximum Gasteiger partial charge on any atom is 0.260 e. The van der Waals surface area contributed by atoms with Crippen LogP contribution in [-0.2, 0) is 14.3 Å². The van der Waals surface area contributed by atoms with Crippen molar-refractivity contribution in [1.29, 1.82) is 0 Å². The summed E-state index contributed by atoms with van der Waals surface area (Å²) < 4.78 is 12.8. The van der Waals surface area contributed by atoms with Crippen molar-refractivity contribution in [2.45, 2.75) is 32.0 Å². The third kappa shape index (κ3) is 6.10. The van der Waals surface area contributed by atoms with Gasteiger partial charge in [0, 0.05) is 24.5 Å². The zero-order valence-electron chi connectivity index (χ0n) is 22.3. The molecule has 2 aromatic carbocycles. The summed E-state index contributed by atoms with van der Waals surface area (Å²) in [5.41, 5.74) is 3.86. The standard InChI is InChI=1S/C28H32N6O4S/c1-4-39-28-31-27-29-19(3)24(26(36)30-21-7-5-6-18(2)16-21)25(34(27)32-28)20-8-10-22(11-9-20)38-17-23(35)33-12-14-37-15-13-33/h5-11,16,25H,4,12-15,17H2,1-3H3,(H,30,36)(H,29,31,32). The molecular formula is C28H32N6O4S. The molecule has 11 heteroatoms. The summed E-state index contributed by atoms with van der Waals surface area (Å²) >= 11 is 1.54. The number of hydrogen-bond acceptors (Lipinski definition) is 8. The SMILES string of the molecule is CCSc1nc2n(n1)C(c1ccc(OCC(=O)N3CCOCC3)cc1)C(C(=O)Nc1cccc(C)c1)=C(C)N2. The monoisotopic (exact) mass is 548 g/mol. The van der Waals surface area contributed by atoms with Crippen LogP contribution >= 0.6 is 11.8 Å². The van der Waals surface area contributed by atoms with Gasteiger partial charge in [0.25, 0.3) is 11.8 Å². The van der Waals surface area contributed by atoms with Crippen molar-refractivity contribution in [3.8, 4) is 5.75 Å². The number of hydrogen-bond donors (Lipinski definition) is 2. The molecule has 39 heavy (non-hydrogen) atoms. The molecule has 10 nitrogen and oxygen atoms in total. The van der Waals surface area contributed by atoms with E-state index in [0.717, 1.165) is 22.6 Å². The van der Waals surface area contributed by atoms with Crippen LogP contribution in [0, 0.1) is 6.92 Å². The summed E-state index contributed by atoms with van der Waals surface area (Å²) in [5, 5.41) is 11.7. The summed E-state index contributed by atoms with van der Waals surface area (Å²) in [6.45, 7) is 8.11. The van der Waals surface area contributed by atoms with Crippen molar-refractivity contribution >= 4 is 35.2 Å². The highest BCUT2D eigenvalue weighted by atomic mass is 32.2. The van der Waals surface area contributed by atoms with Crippen LogP contribution in [0.25, 0.3) is 0 Å². The molecule has 2 aliphatic heterocycles. The lowest BCUT2D eigenvalue weighted by Crippen LogP contribution is -2.42. The molecule has 1 fully saturated rings. The Morgan fingerprint density at radius 1 is 1.15 bits per heavy atom. The van der Waals surface area contributed by atoms with E-state index in [4.69, 9.17) is 14.6 Å². The third-order valence-electron chi connectivity index (χ3n) is 6.55. The number of rotatable bonds is 8. The first-order chi connectivity index (χ1) is 18.9. The van der Waals surface area contributed by atoms with Crippen molar-refractivity contribution in [3.05, 3.63) is 70.9 Å². The Hall–Kier alpha value is -3.83. The molecule has 204 valence electrons. The lowest BCUT2D eigenvalue weighted by atomic mass is 9.95. The number of aryl methyl sites for hydroxylation is 1. The smallest absolute Gasteiger partial charge is 0.260 e. The summed E-state index contributed by atoms with van der Waals surface area (Å²) in [4.78, 5) is 32.5. The molecule has 2 amide bonds. The zero-order valence-corrected chi connectivity index (χ0v) is 23.1. The van der Waals surface area contributed by atoms with Crippen LogP contribution < -0.4 is 15.4 Å². The van der Waals surface area contributed by atoms with Gasteiger partial charge in [0.15, 0.2) is 6.61 Å². The molecule has 1 aromatic heterocycles. The number of nitrogens with zero attached hydrogens (tertiary/aromatic N) is 4.